The number of carbonyl (C=O) groups is 1. The summed E-state index contributed by atoms with van der Waals surface area (Å²) in [6, 6.07) is 6.73. The van der Waals surface area contributed by atoms with Gasteiger partial charge in [0.2, 0.25) is 0 Å². The molecule has 104 valence electrons. The molecule has 2 rings (SSSR count). The van der Waals surface area contributed by atoms with Gasteiger partial charge in [0, 0.05) is 12.3 Å². The summed E-state index contributed by atoms with van der Waals surface area (Å²) in [6.07, 6.45) is 3.08. The fourth-order valence-corrected chi connectivity index (χ4v) is 3.32. The number of carboxylic acids is 1. The molecule has 0 spiro atoms. The minimum Gasteiger partial charge on any atom is -0.481 e. The van der Waals surface area contributed by atoms with E-state index >= 15 is 0 Å². The summed E-state index contributed by atoms with van der Waals surface area (Å²) in [6.45, 7) is 0. The van der Waals surface area contributed by atoms with E-state index in [4.69, 9.17) is 5.11 Å². The fourth-order valence-electron chi connectivity index (χ4n) is 2.47. The Hall–Kier alpha value is -1.56. The standard InChI is InChI=1S/C13H17NO4S/c1-19(17,18)12-5-3-2-4-11(12)14-10-7-6-9(8-10)13(15)16/h2-5,9-10,14H,6-8H2,1H3,(H,15,16). The second kappa shape index (κ2) is 5.21. The maximum absolute atomic E-state index is 11.7. The number of rotatable bonds is 4. The highest BCUT2D eigenvalue weighted by atomic mass is 32.2. The van der Waals surface area contributed by atoms with Gasteiger partial charge in [0.15, 0.2) is 9.84 Å². The summed E-state index contributed by atoms with van der Waals surface area (Å²) < 4.78 is 23.3. The van der Waals surface area contributed by atoms with Crippen molar-refractivity contribution >= 4 is 21.5 Å². The predicted octanol–water partition coefficient (Wildman–Crippen LogP) is 1.76. The predicted molar refractivity (Wildman–Crippen MR) is 71.9 cm³/mol. The van der Waals surface area contributed by atoms with Crippen LogP contribution in [0, 0.1) is 5.92 Å². The highest BCUT2D eigenvalue weighted by molar-refractivity contribution is 7.90. The number of hydrogen-bond donors (Lipinski definition) is 2. The largest absolute Gasteiger partial charge is 0.481 e. The summed E-state index contributed by atoms with van der Waals surface area (Å²) in [5, 5.41) is 12.1. The third-order valence-corrected chi connectivity index (χ3v) is 4.58. The lowest BCUT2D eigenvalue weighted by molar-refractivity contribution is -0.141. The first-order chi connectivity index (χ1) is 8.88. The topological polar surface area (TPSA) is 83.5 Å². The van der Waals surface area contributed by atoms with Gasteiger partial charge in [-0.1, -0.05) is 12.1 Å². The molecule has 1 fully saturated rings. The molecule has 19 heavy (non-hydrogen) atoms. The second-order valence-corrected chi connectivity index (χ2v) is 6.94. The van der Waals surface area contributed by atoms with Crippen molar-refractivity contribution in [2.45, 2.75) is 30.2 Å². The number of hydrogen-bond acceptors (Lipinski definition) is 4. The molecule has 1 aliphatic carbocycles. The monoisotopic (exact) mass is 283 g/mol. The van der Waals surface area contributed by atoms with Crippen LogP contribution in [0.5, 0.6) is 0 Å². The van der Waals surface area contributed by atoms with E-state index in [0.717, 1.165) is 6.42 Å². The summed E-state index contributed by atoms with van der Waals surface area (Å²) >= 11 is 0. The van der Waals surface area contributed by atoms with Gasteiger partial charge in [-0.3, -0.25) is 4.79 Å². The van der Waals surface area contributed by atoms with Crippen molar-refractivity contribution in [3.63, 3.8) is 0 Å². The quantitative estimate of drug-likeness (QED) is 0.879. The average molecular weight is 283 g/mol. The van der Waals surface area contributed by atoms with Crippen molar-refractivity contribution in [2.24, 2.45) is 5.92 Å². The molecule has 0 saturated heterocycles. The third kappa shape index (κ3) is 3.26. The van der Waals surface area contributed by atoms with Gasteiger partial charge >= 0.3 is 5.97 Å². The van der Waals surface area contributed by atoms with Crippen LogP contribution in [0.15, 0.2) is 29.2 Å². The Labute approximate surface area is 112 Å². The Balaban J connectivity index is 2.15. The number of nitrogens with one attached hydrogen (secondary N) is 1. The van der Waals surface area contributed by atoms with Crippen LogP contribution in [0.4, 0.5) is 5.69 Å². The van der Waals surface area contributed by atoms with Gasteiger partial charge in [0.05, 0.1) is 16.5 Å². The van der Waals surface area contributed by atoms with E-state index in [9.17, 15) is 13.2 Å². The minimum absolute atomic E-state index is 0.0176. The van der Waals surface area contributed by atoms with Crippen molar-refractivity contribution in [3.05, 3.63) is 24.3 Å². The lowest BCUT2D eigenvalue weighted by Crippen LogP contribution is -2.19. The maximum Gasteiger partial charge on any atom is 0.306 e. The van der Waals surface area contributed by atoms with Crippen LogP contribution in [0.1, 0.15) is 19.3 Å². The Kier molecular flexibility index (Phi) is 3.80. The van der Waals surface area contributed by atoms with E-state index in [1.54, 1.807) is 24.3 Å². The molecule has 1 aromatic carbocycles. The number of carboxylic acid groups (broad SMARTS) is 1. The number of para-hydroxylation sites is 1. The van der Waals surface area contributed by atoms with Crippen molar-refractivity contribution in [1.82, 2.24) is 0 Å². The van der Waals surface area contributed by atoms with Crippen LogP contribution < -0.4 is 5.32 Å². The molecule has 2 atom stereocenters. The Morgan fingerprint density at radius 1 is 1.32 bits per heavy atom. The molecule has 0 aliphatic heterocycles. The number of benzene rings is 1. The Morgan fingerprint density at radius 2 is 2.00 bits per heavy atom. The Morgan fingerprint density at radius 3 is 2.58 bits per heavy atom. The van der Waals surface area contributed by atoms with Crippen LogP contribution in [0.3, 0.4) is 0 Å². The lowest BCUT2D eigenvalue weighted by atomic mass is 10.1. The van der Waals surface area contributed by atoms with Crippen LogP contribution in [0.25, 0.3) is 0 Å². The molecule has 0 amide bonds. The minimum atomic E-state index is -3.28. The normalized spacial score (nSPS) is 23.2. The van der Waals surface area contributed by atoms with Gasteiger partial charge in [-0.15, -0.1) is 0 Å². The zero-order valence-electron chi connectivity index (χ0n) is 10.7. The van der Waals surface area contributed by atoms with E-state index in [1.165, 1.54) is 6.26 Å². The van der Waals surface area contributed by atoms with Crippen molar-refractivity contribution in [2.75, 3.05) is 11.6 Å². The van der Waals surface area contributed by atoms with Gasteiger partial charge in [0.25, 0.3) is 0 Å². The summed E-state index contributed by atoms with van der Waals surface area (Å²) in [7, 11) is -3.28. The fraction of sp³-hybridized carbons (Fsp3) is 0.462. The third-order valence-electron chi connectivity index (χ3n) is 3.43. The first kappa shape index (κ1) is 13.9. The molecule has 0 aromatic heterocycles. The van der Waals surface area contributed by atoms with Gasteiger partial charge in [-0.2, -0.15) is 0 Å². The highest BCUT2D eigenvalue weighted by Gasteiger charge is 2.30. The molecule has 0 radical (unpaired) electrons. The maximum atomic E-state index is 11.7. The van der Waals surface area contributed by atoms with Gasteiger partial charge in [-0.05, 0) is 31.4 Å². The van der Waals surface area contributed by atoms with Crippen LogP contribution in [-0.4, -0.2) is 31.8 Å². The molecule has 1 saturated carbocycles. The molecule has 2 N–H and O–H groups in total. The molecule has 1 aromatic rings. The zero-order valence-corrected chi connectivity index (χ0v) is 11.5. The van der Waals surface area contributed by atoms with Crippen LogP contribution in [0.2, 0.25) is 0 Å². The zero-order chi connectivity index (χ0) is 14.0. The summed E-state index contributed by atoms with van der Waals surface area (Å²) in [5.74, 6) is -1.11. The van der Waals surface area contributed by atoms with E-state index in [1.807, 2.05) is 0 Å². The van der Waals surface area contributed by atoms with Crippen molar-refractivity contribution < 1.29 is 18.3 Å². The van der Waals surface area contributed by atoms with Gasteiger partial charge in [0.1, 0.15) is 0 Å². The molecule has 5 nitrogen and oxygen atoms in total. The second-order valence-electron chi connectivity index (χ2n) is 4.96. The smallest absolute Gasteiger partial charge is 0.306 e. The van der Waals surface area contributed by atoms with Crippen LogP contribution in [-0.2, 0) is 14.6 Å². The first-order valence-corrected chi connectivity index (χ1v) is 8.05. The number of aliphatic carboxylic acids is 1. The summed E-state index contributed by atoms with van der Waals surface area (Å²) in [4.78, 5) is 11.2. The van der Waals surface area contributed by atoms with Crippen LogP contribution >= 0.6 is 0 Å². The highest BCUT2D eigenvalue weighted by Crippen LogP contribution is 2.30. The average Bonchev–Trinajstić information content (AvgIpc) is 2.77. The van der Waals surface area contributed by atoms with Gasteiger partial charge in [-0.25, -0.2) is 8.42 Å². The Bertz CT molecular complexity index is 582. The first-order valence-electron chi connectivity index (χ1n) is 6.16. The molecular formula is C13H17NO4S. The summed E-state index contributed by atoms with van der Waals surface area (Å²) in [5.41, 5.74) is 0.557. The molecule has 0 bridgehead atoms. The molecule has 6 heteroatoms. The van der Waals surface area contributed by atoms with E-state index in [-0.39, 0.29) is 16.9 Å². The SMILES string of the molecule is CS(=O)(=O)c1ccccc1NC1CCC(C(=O)O)C1. The molecule has 0 heterocycles. The molecule has 2 unspecified atom stereocenters. The van der Waals surface area contributed by atoms with Crippen molar-refractivity contribution in [3.8, 4) is 0 Å². The number of anilines is 1. The van der Waals surface area contributed by atoms with Crippen molar-refractivity contribution in [1.29, 1.82) is 0 Å². The lowest BCUT2D eigenvalue weighted by Gasteiger charge is -2.16. The number of sulfone groups is 1. The van der Waals surface area contributed by atoms with E-state index in [2.05, 4.69) is 5.32 Å². The molecular weight excluding hydrogens is 266 g/mol. The van der Waals surface area contributed by atoms with E-state index in [0.29, 0.717) is 18.5 Å². The molecule has 1 aliphatic rings. The van der Waals surface area contributed by atoms with Gasteiger partial charge < -0.3 is 10.4 Å². The van der Waals surface area contributed by atoms with E-state index < -0.39 is 15.8 Å².